The van der Waals surface area contributed by atoms with Crippen molar-refractivity contribution in [1.82, 2.24) is 4.90 Å². The van der Waals surface area contributed by atoms with Gasteiger partial charge >= 0.3 is 0 Å². The fraction of sp³-hybridized carbons (Fsp3) is 0.474. The Morgan fingerprint density at radius 1 is 1.23 bits per heavy atom. The summed E-state index contributed by atoms with van der Waals surface area (Å²) in [5.74, 6) is 1.19. The van der Waals surface area contributed by atoms with Gasteiger partial charge < -0.3 is 9.52 Å². The Morgan fingerprint density at radius 2 is 2.00 bits per heavy atom. The van der Waals surface area contributed by atoms with Crippen LogP contribution < -0.4 is 0 Å². The van der Waals surface area contributed by atoms with E-state index in [-0.39, 0.29) is 0 Å². The highest BCUT2D eigenvalue weighted by Crippen LogP contribution is 2.36. The van der Waals surface area contributed by atoms with Gasteiger partial charge in [-0.3, -0.25) is 4.90 Å². The van der Waals surface area contributed by atoms with Crippen LogP contribution in [0, 0.1) is 5.92 Å². The Kier molecular flexibility index (Phi) is 3.45. The molecular weight excluding hydrogens is 274 g/mol. The lowest BCUT2D eigenvalue weighted by molar-refractivity contribution is 0.117. The maximum atomic E-state index is 9.68. The summed E-state index contributed by atoms with van der Waals surface area (Å²) in [4.78, 5) is 2.63. The number of nitrogens with zero attached hydrogens (tertiary/aromatic N) is 1. The molecule has 2 bridgehead atoms. The zero-order valence-corrected chi connectivity index (χ0v) is 13.0. The normalized spacial score (nSPS) is 27.8. The summed E-state index contributed by atoms with van der Waals surface area (Å²) in [7, 11) is 0. The quantitative estimate of drug-likeness (QED) is 0.863. The zero-order chi connectivity index (χ0) is 15.1. The van der Waals surface area contributed by atoms with Crippen molar-refractivity contribution in [2.24, 2.45) is 5.92 Å². The van der Waals surface area contributed by atoms with E-state index in [1.165, 1.54) is 24.8 Å². The molecule has 1 aromatic carbocycles. The second-order valence-corrected chi connectivity index (χ2v) is 6.69. The lowest BCUT2D eigenvalue weighted by atomic mass is 9.88. The second-order valence-electron chi connectivity index (χ2n) is 6.69. The first-order chi connectivity index (χ1) is 10.7. The average molecular weight is 297 g/mol. The summed E-state index contributed by atoms with van der Waals surface area (Å²) >= 11 is 0. The predicted octanol–water partition coefficient (Wildman–Crippen LogP) is 4.11. The van der Waals surface area contributed by atoms with Gasteiger partial charge in [-0.25, -0.2) is 0 Å². The van der Waals surface area contributed by atoms with Crippen LogP contribution in [0.1, 0.15) is 31.7 Å². The van der Waals surface area contributed by atoms with Crippen molar-refractivity contribution >= 4 is 11.0 Å². The highest BCUT2D eigenvalue weighted by molar-refractivity contribution is 5.82. The van der Waals surface area contributed by atoms with Crippen LogP contribution in [-0.2, 0) is 6.42 Å². The van der Waals surface area contributed by atoms with Crippen LogP contribution in [-0.4, -0.2) is 28.6 Å². The molecule has 0 saturated carbocycles. The highest BCUT2D eigenvalue weighted by Gasteiger charge is 2.35. The summed E-state index contributed by atoms with van der Waals surface area (Å²) in [6.07, 6.45) is 11.5. The molecule has 1 aromatic heterocycles. The lowest BCUT2D eigenvalue weighted by Crippen LogP contribution is -2.44. The molecule has 2 unspecified atom stereocenters. The van der Waals surface area contributed by atoms with Gasteiger partial charge in [0.05, 0.1) is 6.26 Å². The monoisotopic (exact) mass is 297 g/mol. The number of rotatable bonds is 4. The minimum absolute atomic E-state index is 0.306. The Hall–Kier alpha value is -1.74. The van der Waals surface area contributed by atoms with Crippen molar-refractivity contribution in [2.45, 2.75) is 44.7 Å². The van der Waals surface area contributed by atoms with Gasteiger partial charge in [0, 0.05) is 24.0 Å². The van der Waals surface area contributed by atoms with E-state index >= 15 is 0 Å². The van der Waals surface area contributed by atoms with E-state index < -0.39 is 0 Å². The molecule has 0 aliphatic carbocycles. The van der Waals surface area contributed by atoms with Gasteiger partial charge in [-0.15, -0.1) is 0 Å². The SMILES string of the molecule is CCC1CC2C=CC(C1)N2CCc1coc2ccc(O)cc12. The topological polar surface area (TPSA) is 36.6 Å². The molecule has 1 N–H and O–H groups in total. The maximum Gasteiger partial charge on any atom is 0.134 e. The number of fused-ring (bicyclic) bond motifs is 3. The van der Waals surface area contributed by atoms with Gasteiger partial charge in [-0.05, 0) is 48.9 Å². The van der Waals surface area contributed by atoms with E-state index in [9.17, 15) is 5.11 Å². The van der Waals surface area contributed by atoms with Crippen LogP contribution in [0.2, 0.25) is 0 Å². The molecule has 4 rings (SSSR count). The predicted molar refractivity (Wildman–Crippen MR) is 88.0 cm³/mol. The standard InChI is InChI=1S/C19H23NO2/c1-2-13-9-15-3-4-16(10-13)20(15)8-7-14-12-22-19-6-5-17(21)11-18(14)19/h3-6,11-13,15-16,21H,2,7-10H2,1H3. The van der Waals surface area contributed by atoms with Crippen molar-refractivity contribution in [2.75, 3.05) is 6.54 Å². The van der Waals surface area contributed by atoms with Crippen molar-refractivity contribution in [3.8, 4) is 5.75 Å². The Balaban J connectivity index is 1.48. The Morgan fingerprint density at radius 3 is 2.73 bits per heavy atom. The molecule has 2 aromatic rings. The second kappa shape index (κ2) is 5.47. The summed E-state index contributed by atoms with van der Waals surface area (Å²) in [6, 6.07) is 6.57. The van der Waals surface area contributed by atoms with E-state index in [1.807, 2.05) is 18.4 Å². The van der Waals surface area contributed by atoms with Gasteiger partial charge in [0.15, 0.2) is 0 Å². The van der Waals surface area contributed by atoms with Crippen molar-refractivity contribution in [3.05, 3.63) is 42.2 Å². The smallest absolute Gasteiger partial charge is 0.134 e. The first-order valence-electron chi connectivity index (χ1n) is 8.37. The number of aromatic hydroxyl groups is 1. The first kappa shape index (κ1) is 13.9. The van der Waals surface area contributed by atoms with Crippen molar-refractivity contribution in [3.63, 3.8) is 0 Å². The molecule has 2 aliphatic heterocycles. The van der Waals surface area contributed by atoms with Gasteiger partial charge in [-0.1, -0.05) is 25.5 Å². The summed E-state index contributed by atoms with van der Waals surface area (Å²) in [6.45, 7) is 3.37. The van der Waals surface area contributed by atoms with Gasteiger partial charge in [0.2, 0.25) is 0 Å². The molecule has 2 aliphatic rings. The van der Waals surface area contributed by atoms with E-state index in [1.54, 1.807) is 6.07 Å². The number of phenolic OH excluding ortho intramolecular Hbond substituents is 1. The van der Waals surface area contributed by atoms with E-state index in [0.29, 0.717) is 17.8 Å². The molecule has 1 saturated heterocycles. The molecular formula is C19H23NO2. The van der Waals surface area contributed by atoms with Gasteiger partial charge in [0.1, 0.15) is 11.3 Å². The van der Waals surface area contributed by atoms with Crippen LogP contribution in [0.3, 0.4) is 0 Å². The third-order valence-electron chi connectivity index (χ3n) is 5.41. The largest absolute Gasteiger partial charge is 0.508 e. The van der Waals surface area contributed by atoms with Crippen LogP contribution in [0.4, 0.5) is 0 Å². The van der Waals surface area contributed by atoms with Crippen molar-refractivity contribution < 1.29 is 9.52 Å². The summed E-state index contributed by atoms with van der Waals surface area (Å²) in [5.41, 5.74) is 2.06. The zero-order valence-electron chi connectivity index (χ0n) is 13.0. The number of furan rings is 1. The van der Waals surface area contributed by atoms with Crippen LogP contribution in [0.15, 0.2) is 41.0 Å². The number of piperidine rings is 1. The van der Waals surface area contributed by atoms with E-state index in [4.69, 9.17) is 4.42 Å². The molecule has 22 heavy (non-hydrogen) atoms. The molecule has 3 heterocycles. The lowest BCUT2D eigenvalue weighted by Gasteiger charge is -2.39. The molecule has 1 fully saturated rings. The maximum absolute atomic E-state index is 9.68. The minimum Gasteiger partial charge on any atom is -0.508 e. The molecule has 0 radical (unpaired) electrons. The molecule has 0 amide bonds. The van der Waals surface area contributed by atoms with Gasteiger partial charge in [-0.2, -0.15) is 0 Å². The molecule has 2 atom stereocenters. The third-order valence-corrected chi connectivity index (χ3v) is 5.41. The Labute approximate surface area is 131 Å². The number of hydrogen-bond donors (Lipinski definition) is 1. The van der Waals surface area contributed by atoms with E-state index in [2.05, 4.69) is 24.0 Å². The average Bonchev–Trinajstić information content (AvgIpc) is 3.02. The third kappa shape index (κ3) is 2.34. The molecule has 3 nitrogen and oxygen atoms in total. The first-order valence-corrected chi connectivity index (χ1v) is 8.37. The fourth-order valence-corrected chi connectivity index (χ4v) is 4.11. The van der Waals surface area contributed by atoms with Gasteiger partial charge in [0.25, 0.3) is 0 Å². The molecule has 0 spiro atoms. The minimum atomic E-state index is 0.306. The number of benzene rings is 1. The fourth-order valence-electron chi connectivity index (χ4n) is 4.11. The number of phenols is 1. The number of hydrogen-bond acceptors (Lipinski definition) is 3. The molecule has 116 valence electrons. The van der Waals surface area contributed by atoms with E-state index in [0.717, 1.165) is 29.9 Å². The summed E-state index contributed by atoms with van der Waals surface area (Å²) < 4.78 is 5.60. The summed E-state index contributed by atoms with van der Waals surface area (Å²) in [5, 5.41) is 10.7. The molecule has 3 heteroatoms. The van der Waals surface area contributed by atoms with Crippen LogP contribution in [0.25, 0.3) is 11.0 Å². The van der Waals surface area contributed by atoms with Crippen LogP contribution in [0.5, 0.6) is 5.75 Å². The van der Waals surface area contributed by atoms with Crippen molar-refractivity contribution in [1.29, 1.82) is 0 Å². The Bertz CT molecular complexity index is 687. The highest BCUT2D eigenvalue weighted by atomic mass is 16.3. The van der Waals surface area contributed by atoms with Crippen LogP contribution >= 0.6 is 0 Å².